The Kier molecular flexibility index (Phi) is 3.24. The molecule has 0 saturated heterocycles. The Morgan fingerprint density at radius 3 is 2.41 bits per heavy atom. The summed E-state index contributed by atoms with van der Waals surface area (Å²) < 4.78 is 0. The highest BCUT2D eigenvalue weighted by atomic mass is 16.1. The van der Waals surface area contributed by atoms with Gasteiger partial charge in [-0.1, -0.05) is 30.3 Å². The first kappa shape index (κ1) is 11.4. The molecule has 0 fully saturated rings. The van der Waals surface area contributed by atoms with Crippen molar-refractivity contribution < 1.29 is 4.79 Å². The Morgan fingerprint density at radius 2 is 1.82 bits per heavy atom. The molecule has 0 aliphatic carbocycles. The lowest BCUT2D eigenvalue weighted by Crippen LogP contribution is -1.94. The first-order valence-corrected chi connectivity index (χ1v) is 5.58. The van der Waals surface area contributed by atoms with Gasteiger partial charge in [-0.05, 0) is 42.2 Å². The molecule has 2 N–H and O–H groups in total. The van der Waals surface area contributed by atoms with Crippen molar-refractivity contribution in [2.24, 2.45) is 0 Å². The Morgan fingerprint density at radius 1 is 1.12 bits per heavy atom. The molecule has 0 aromatic heterocycles. The highest BCUT2D eigenvalue weighted by Gasteiger charge is 2.01. The Bertz CT molecular complexity index is 529. The fraction of sp³-hybridized carbons (Fsp3) is 0.133. The molecule has 0 spiro atoms. The average Bonchev–Trinajstić information content (AvgIpc) is 2.34. The van der Waals surface area contributed by atoms with Gasteiger partial charge in [-0.3, -0.25) is 4.79 Å². The van der Waals surface area contributed by atoms with Gasteiger partial charge in [0.2, 0.25) is 0 Å². The number of rotatable bonds is 3. The topological polar surface area (TPSA) is 43.1 Å². The minimum Gasteiger partial charge on any atom is -0.399 e. The zero-order valence-electron chi connectivity index (χ0n) is 9.81. The van der Waals surface area contributed by atoms with Crippen LogP contribution in [0, 0.1) is 6.92 Å². The van der Waals surface area contributed by atoms with E-state index in [0.717, 1.165) is 18.4 Å². The zero-order chi connectivity index (χ0) is 12.3. The second-order valence-electron chi connectivity index (χ2n) is 4.22. The van der Waals surface area contributed by atoms with Crippen LogP contribution in [0.3, 0.4) is 0 Å². The number of carbonyl (C=O) groups is 1. The van der Waals surface area contributed by atoms with E-state index in [2.05, 4.69) is 13.0 Å². The van der Waals surface area contributed by atoms with Crippen LogP contribution in [0.5, 0.6) is 0 Å². The van der Waals surface area contributed by atoms with E-state index in [9.17, 15) is 4.79 Å². The number of anilines is 1. The summed E-state index contributed by atoms with van der Waals surface area (Å²) in [5, 5.41) is 0. The summed E-state index contributed by atoms with van der Waals surface area (Å²) in [4.78, 5) is 10.6. The molecule has 86 valence electrons. The highest BCUT2D eigenvalue weighted by molar-refractivity contribution is 5.74. The number of benzene rings is 2. The van der Waals surface area contributed by atoms with E-state index in [1.54, 1.807) is 0 Å². The van der Waals surface area contributed by atoms with Crippen LogP contribution in [-0.2, 0) is 6.42 Å². The molecule has 0 heterocycles. The molecule has 2 aromatic carbocycles. The number of carbonyl (C=O) groups excluding carboxylic acids is 1. The number of hydrogen-bond donors (Lipinski definition) is 1. The van der Waals surface area contributed by atoms with Crippen LogP contribution in [0.25, 0.3) is 0 Å². The zero-order valence-corrected chi connectivity index (χ0v) is 9.81. The molecule has 2 heteroatoms. The maximum atomic E-state index is 10.6. The number of aryl methyl sites for hydroxylation is 1. The summed E-state index contributed by atoms with van der Waals surface area (Å²) in [6.45, 7) is 2.06. The van der Waals surface area contributed by atoms with Gasteiger partial charge in [0.1, 0.15) is 6.29 Å². The molecule has 0 aliphatic rings. The fourth-order valence-electron chi connectivity index (χ4n) is 1.85. The Labute approximate surface area is 101 Å². The molecular weight excluding hydrogens is 210 g/mol. The number of nitrogens with two attached hydrogens (primary N) is 1. The van der Waals surface area contributed by atoms with Crippen LogP contribution < -0.4 is 5.73 Å². The molecule has 17 heavy (non-hydrogen) atoms. The first-order valence-electron chi connectivity index (χ1n) is 5.58. The third-order valence-electron chi connectivity index (χ3n) is 2.88. The molecule has 0 atom stereocenters. The number of nitrogen functional groups attached to an aromatic ring is 1. The Balaban J connectivity index is 2.22. The molecule has 2 nitrogen and oxygen atoms in total. The summed E-state index contributed by atoms with van der Waals surface area (Å²) in [7, 11) is 0. The van der Waals surface area contributed by atoms with Gasteiger partial charge in [0.05, 0.1) is 0 Å². The van der Waals surface area contributed by atoms with Gasteiger partial charge >= 0.3 is 0 Å². The van der Waals surface area contributed by atoms with Crippen LogP contribution in [-0.4, -0.2) is 6.29 Å². The normalized spacial score (nSPS) is 10.2. The van der Waals surface area contributed by atoms with E-state index in [-0.39, 0.29) is 0 Å². The van der Waals surface area contributed by atoms with Crippen LogP contribution in [0.1, 0.15) is 27.0 Å². The molecule has 0 unspecified atom stereocenters. The van der Waals surface area contributed by atoms with E-state index in [0.29, 0.717) is 5.56 Å². The second-order valence-corrected chi connectivity index (χ2v) is 4.22. The summed E-state index contributed by atoms with van der Waals surface area (Å²) in [6.07, 6.45) is 1.73. The molecule has 0 radical (unpaired) electrons. The molecule has 2 aromatic rings. The van der Waals surface area contributed by atoms with Gasteiger partial charge in [-0.15, -0.1) is 0 Å². The fourth-order valence-corrected chi connectivity index (χ4v) is 1.85. The predicted octanol–water partition coefficient (Wildman–Crippen LogP) is 2.98. The van der Waals surface area contributed by atoms with E-state index in [1.165, 1.54) is 16.7 Å². The van der Waals surface area contributed by atoms with Crippen molar-refractivity contribution >= 4 is 12.0 Å². The molecule has 0 bridgehead atoms. The predicted molar refractivity (Wildman–Crippen MR) is 70.2 cm³/mol. The van der Waals surface area contributed by atoms with E-state index < -0.39 is 0 Å². The van der Waals surface area contributed by atoms with Crippen molar-refractivity contribution in [2.45, 2.75) is 13.3 Å². The van der Waals surface area contributed by atoms with E-state index in [1.807, 2.05) is 36.4 Å². The van der Waals surface area contributed by atoms with Crippen molar-refractivity contribution in [3.05, 3.63) is 64.7 Å². The largest absolute Gasteiger partial charge is 0.399 e. The Hall–Kier alpha value is -2.09. The van der Waals surface area contributed by atoms with Crippen molar-refractivity contribution in [1.82, 2.24) is 0 Å². The maximum absolute atomic E-state index is 10.6. The van der Waals surface area contributed by atoms with Gasteiger partial charge in [0, 0.05) is 11.3 Å². The monoisotopic (exact) mass is 225 g/mol. The van der Waals surface area contributed by atoms with E-state index >= 15 is 0 Å². The minimum atomic E-state index is 0.711. The third-order valence-corrected chi connectivity index (χ3v) is 2.88. The first-order chi connectivity index (χ1) is 8.19. The van der Waals surface area contributed by atoms with Gasteiger partial charge in [0.25, 0.3) is 0 Å². The number of hydrogen-bond acceptors (Lipinski definition) is 2. The third kappa shape index (κ3) is 2.72. The summed E-state index contributed by atoms with van der Waals surface area (Å²) in [5.41, 5.74) is 10.9. The van der Waals surface area contributed by atoms with Crippen LogP contribution in [0.2, 0.25) is 0 Å². The molecule has 0 saturated carbocycles. The maximum Gasteiger partial charge on any atom is 0.150 e. The number of aldehydes is 1. The smallest absolute Gasteiger partial charge is 0.150 e. The summed E-state index contributed by atoms with van der Waals surface area (Å²) in [5.74, 6) is 0. The van der Waals surface area contributed by atoms with Crippen molar-refractivity contribution in [1.29, 1.82) is 0 Å². The second kappa shape index (κ2) is 4.83. The van der Waals surface area contributed by atoms with Gasteiger partial charge in [-0.2, -0.15) is 0 Å². The molecular formula is C15H15NO. The quantitative estimate of drug-likeness (QED) is 0.644. The molecule has 0 aliphatic heterocycles. The summed E-state index contributed by atoms with van der Waals surface area (Å²) in [6, 6.07) is 13.6. The van der Waals surface area contributed by atoms with Crippen molar-refractivity contribution in [3.8, 4) is 0 Å². The van der Waals surface area contributed by atoms with Gasteiger partial charge in [-0.25, -0.2) is 0 Å². The minimum absolute atomic E-state index is 0.711. The van der Waals surface area contributed by atoms with Crippen LogP contribution >= 0.6 is 0 Å². The van der Waals surface area contributed by atoms with Crippen molar-refractivity contribution in [2.75, 3.05) is 5.73 Å². The molecule has 0 amide bonds. The summed E-state index contributed by atoms with van der Waals surface area (Å²) >= 11 is 0. The van der Waals surface area contributed by atoms with Crippen LogP contribution in [0.15, 0.2) is 42.5 Å². The van der Waals surface area contributed by atoms with Gasteiger partial charge < -0.3 is 5.73 Å². The van der Waals surface area contributed by atoms with Crippen LogP contribution in [0.4, 0.5) is 5.69 Å². The lowest BCUT2D eigenvalue weighted by molar-refractivity contribution is 0.112. The van der Waals surface area contributed by atoms with Gasteiger partial charge in [0.15, 0.2) is 0 Å². The SMILES string of the molecule is Cc1cc(N)ccc1Cc1ccc(C=O)cc1. The lowest BCUT2D eigenvalue weighted by atomic mass is 9.99. The average molecular weight is 225 g/mol. The van der Waals surface area contributed by atoms with E-state index in [4.69, 9.17) is 5.73 Å². The standard InChI is InChI=1S/C15H15NO/c1-11-8-15(16)7-6-14(11)9-12-2-4-13(10-17)5-3-12/h2-8,10H,9,16H2,1H3. The molecule has 2 rings (SSSR count). The lowest BCUT2D eigenvalue weighted by Gasteiger charge is -2.07. The highest BCUT2D eigenvalue weighted by Crippen LogP contribution is 2.16. The van der Waals surface area contributed by atoms with Crippen molar-refractivity contribution in [3.63, 3.8) is 0 Å².